The summed E-state index contributed by atoms with van der Waals surface area (Å²) in [6.45, 7) is 15.4. The minimum Gasteiger partial charge on any atom is -0.370 e. The summed E-state index contributed by atoms with van der Waals surface area (Å²) in [6.07, 6.45) is 0. The van der Waals surface area contributed by atoms with Gasteiger partial charge in [-0.05, 0) is 33.9 Å². The molecule has 0 fully saturated rings. The van der Waals surface area contributed by atoms with E-state index in [1.165, 1.54) is 0 Å². The summed E-state index contributed by atoms with van der Waals surface area (Å²) < 4.78 is 0. The Hall–Kier alpha value is -1.36. The van der Waals surface area contributed by atoms with E-state index in [1.807, 2.05) is 6.92 Å². The molecule has 0 amide bonds. The molecule has 1 rings (SSSR count). The van der Waals surface area contributed by atoms with E-state index < -0.39 is 0 Å². The number of hydrogen-bond acceptors (Lipinski definition) is 5. The lowest BCUT2D eigenvalue weighted by Gasteiger charge is -2.19. The van der Waals surface area contributed by atoms with Crippen LogP contribution in [0.4, 0.5) is 11.6 Å². The normalized spacial score (nSPS) is 10.8. The summed E-state index contributed by atoms with van der Waals surface area (Å²) in [4.78, 5) is 11.3. The van der Waals surface area contributed by atoms with Crippen molar-refractivity contribution in [1.29, 1.82) is 0 Å². The minimum atomic E-state index is 0.798. The molecule has 108 valence electrons. The molecule has 0 spiro atoms. The lowest BCUT2D eigenvalue weighted by atomic mass is 10.3. The minimum absolute atomic E-state index is 0.798. The van der Waals surface area contributed by atoms with Crippen LogP contribution < -0.4 is 10.6 Å². The van der Waals surface area contributed by atoms with Gasteiger partial charge in [-0.1, -0.05) is 13.8 Å². The summed E-state index contributed by atoms with van der Waals surface area (Å²) in [5, 5.41) is 6.70. The second-order valence-electron chi connectivity index (χ2n) is 4.58. The lowest BCUT2D eigenvalue weighted by Crippen LogP contribution is -2.29. The summed E-state index contributed by atoms with van der Waals surface area (Å²) >= 11 is 0. The second kappa shape index (κ2) is 7.94. The van der Waals surface area contributed by atoms with Gasteiger partial charge in [0.05, 0.1) is 0 Å². The molecule has 0 unspecified atom stereocenters. The monoisotopic (exact) mass is 265 g/mol. The molecule has 1 aromatic rings. The van der Waals surface area contributed by atoms with Gasteiger partial charge >= 0.3 is 0 Å². The molecule has 0 aliphatic carbocycles. The third kappa shape index (κ3) is 4.67. The number of nitrogens with zero attached hydrogens (tertiary/aromatic N) is 3. The van der Waals surface area contributed by atoms with Crippen LogP contribution in [0.2, 0.25) is 0 Å². The first kappa shape index (κ1) is 15.7. The maximum Gasteiger partial charge on any atom is 0.134 e. The first-order chi connectivity index (χ1) is 9.12. The van der Waals surface area contributed by atoms with Gasteiger partial charge in [0.25, 0.3) is 0 Å². The molecule has 5 nitrogen and oxygen atoms in total. The van der Waals surface area contributed by atoms with E-state index in [2.05, 4.69) is 53.2 Å². The molecular formula is C14H27N5. The number of aryl methyl sites for hydroxylation is 1. The van der Waals surface area contributed by atoms with Crippen molar-refractivity contribution < 1.29 is 0 Å². The van der Waals surface area contributed by atoms with Crippen LogP contribution in [0.15, 0.2) is 0 Å². The van der Waals surface area contributed by atoms with Crippen molar-refractivity contribution in [2.75, 3.05) is 43.4 Å². The molecule has 2 N–H and O–H groups in total. The molecule has 1 aromatic heterocycles. The van der Waals surface area contributed by atoms with E-state index in [0.717, 1.165) is 55.7 Å². The first-order valence-electron chi connectivity index (χ1n) is 7.17. The third-order valence-electron chi connectivity index (χ3n) is 3.22. The van der Waals surface area contributed by atoms with Gasteiger partial charge in [-0.25, -0.2) is 9.97 Å². The van der Waals surface area contributed by atoms with E-state index in [0.29, 0.717) is 0 Å². The molecule has 19 heavy (non-hydrogen) atoms. The van der Waals surface area contributed by atoms with Crippen LogP contribution in [0.3, 0.4) is 0 Å². The molecule has 1 heterocycles. The molecule has 0 aliphatic rings. The van der Waals surface area contributed by atoms with Crippen LogP contribution in [-0.4, -0.2) is 47.6 Å². The largest absolute Gasteiger partial charge is 0.370 e. The smallest absolute Gasteiger partial charge is 0.134 e. The first-order valence-corrected chi connectivity index (χ1v) is 7.17. The summed E-state index contributed by atoms with van der Waals surface area (Å²) in [5.74, 6) is 2.67. The lowest BCUT2D eigenvalue weighted by molar-refractivity contribution is 0.316. The van der Waals surface area contributed by atoms with Gasteiger partial charge in [0.15, 0.2) is 0 Å². The highest BCUT2D eigenvalue weighted by Crippen LogP contribution is 2.19. The van der Waals surface area contributed by atoms with Gasteiger partial charge in [-0.3, -0.25) is 0 Å². The Kier molecular flexibility index (Phi) is 6.56. The maximum atomic E-state index is 4.48. The Morgan fingerprint density at radius 2 is 1.53 bits per heavy atom. The van der Waals surface area contributed by atoms with Gasteiger partial charge in [-0.15, -0.1) is 0 Å². The Labute approximate surface area is 116 Å². The predicted molar refractivity (Wildman–Crippen MR) is 81.9 cm³/mol. The highest BCUT2D eigenvalue weighted by atomic mass is 15.1. The van der Waals surface area contributed by atoms with Crippen molar-refractivity contribution in [2.45, 2.75) is 34.6 Å². The van der Waals surface area contributed by atoms with Gasteiger partial charge < -0.3 is 15.5 Å². The molecule has 0 saturated carbocycles. The summed E-state index contributed by atoms with van der Waals surface area (Å²) in [7, 11) is 0. The number of hydrogen-bond donors (Lipinski definition) is 2. The Balaban J connectivity index is 2.67. The second-order valence-corrected chi connectivity index (χ2v) is 4.58. The fraction of sp³-hybridized carbons (Fsp3) is 0.714. The zero-order valence-electron chi connectivity index (χ0n) is 12.9. The average molecular weight is 265 g/mol. The van der Waals surface area contributed by atoms with E-state index in [4.69, 9.17) is 0 Å². The predicted octanol–water partition coefficient (Wildman–Crippen LogP) is 2.28. The maximum absolute atomic E-state index is 4.48. The number of anilines is 2. The molecule has 0 aromatic carbocycles. The van der Waals surface area contributed by atoms with E-state index >= 15 is 0 Å². The number of aromatic nitrogens is 2. The van der Waals surface area contributed by atoms with Gasteiger partial charge in [-0.2, -0.15) is 0 Å². The summed E-state index contributed by atoms with van der Waals surface area (Å²) in [5.41, 5.74) is 1.09. The fourth-order valence-electron chi connectivity index (χ4n) is 2.01. The number of likely N-dealkylation sites (N-methyl/N-ethyl adjacent to an activating group) is 1. The van der Waals surface area contributed by atoms with Crippen molar-refractivity contribution in [3.05, 3.63) is 11.4 Å². The van der Waals surface area contributed by atoms with Crippen LogP contribution in [0.5, 0.6) is 0 Å². The highest BCUT2D eigenvalue weighted by Gasteiger charge is 2.08. The van der Waals surface area contributed by atoms with E-state index in [1.54, 1.807) is 0 Å². The van der Waals surface area contributed by atoms with Crippen molar-refractivity contribution >= 4 is 11.6 Å². The molecule has 0 aliphatic heterocycles. The zero-order valence-corrected chi connectivity index (χ0v) is 12.9. The Morgan fingerprint density at radius 3 is 2.05 bits per heavy atom. The van der Waals surface area contributed by atoms with Crippen LogP contribution in [0, 0.1) is 13.8 Å². The van der Waals surface area contributed by atoms with Crippen molar-refractivity contribution in [2.24, 2.45) is 0 Å². The number of nitrogens with one attached hydrogen (secondary N) is 2. The van der Waals surface area contributed by atoms with Gasteiger partial charge in [0.1, 0.15) is 17.5 Å². The van der Waals surface area contributed by atoms with Crippen molar-refractivity contribution in [1.82, 2.24) is 14.9 Å². The third-order valence-corrected chi connectivity index (χ3v) is 3.22. The Morgan fingerprint density at radius 1 is 0.947 bits per heavy atom. The SMILES string of the molecule is CCNc1nc(C)nc(NCCN(CC)CC)c1C. The van der Waals surface area contributed by atoms with Crippen LogP contribution in [0.25, 0.3) is 0 Å². The molecule has 0 saturated heterocycles. The molecule has 0 atom stereocenters. The van der Waals surface area contributed by atoms with Crippen LogP contribution in [0.1, 0.15) is 32.2 Å². The molecular weight excluding hydrogens is 238 g/mol. The molecule has 0 radical (unpaired) electrons. The number of rotatable bonds is 8. The fourth-order valence-corrected chi connectivity index (χ4v) is 2.01. The van der Waals surface area contributed by atoms with Crippen LogP contribution >= 0.6 is 0 Å². The Bertz CT molecular complexity index is 388. The van der Waals surface area contributed by atoms with Crippen molar-refractivity contribution in [3.63, 3.8) is 0 Å². The standard InChI is InChI=1S/C14H27N5/c1-6-15-13-11(4)14(18-12(5)17-13)16-9-10-19(7-2)8-3/h6-10H2,1-5H3,(H2,15,16,17,18). The summed E-state index contributed by atoms with van der Waals surface area (Å²) in [6, 6.07) is 0. The van der Waals surface area contributed by atoms with Gasteiger partial charge in [0, 0.05) is 25.2 Å². The average Bonchev–Trinajstić information content (AvgIpc) is 2.40. The highest BCUT2D eigenvalue weighted by molar-refractivity contribution is 5.57. The van der Waals surface area contributed by atoms with Crippen molar-refractivity contribution in [3.8, 4) is 0 Å². The van der Waals surface area contributed by atoms with E-state index in [-0.39, 0.29) is 0 Å². The van der Waals surface area contributed by atoms with E-state index in [9.17, 15) is 0 Å². The quantitative estimate of drug-likeness (QED) is 0.755. The molecule has 5 heteroatoms. The van der Waals surface area contributed by atoms with Crippen LogP contribution in [-0.2, 0) is 0 Å². The van der Waals surface area contributed by atoms with Gasteiger partial charge in [0.2, 0.25) is 0 Å². The topological polar surface area (TPSA) is 53.1 Å². The zero-order chi connectivity index (χ0) is 14.3. The molecule has 0 bridgehead atoms.